The summed E-state index contributed by atoms with van der Waals surface area (Å²) >= 11 is 0. The van der Waals surface area contributed by atoms with E-state index < -0.39 is 5.41 Å². The van der Waals surface area contributed by atoms with Crippen LogP contribution in [0.3, 0.4) is 0 Å². The van der Waals surface area contributed by atoms with Gasteiger partial charge in [0, 0.05) is 18.0 Å². The van der Waals surface area contributed by atoms with Crippen molar-refractivity contribution in [3.63, 3.8) is 0 Å². The molecule has 0 saturated heterocycles. The number of aromatic nitrogens is 2. The first kappa shape index (κ1) is 17.5. The van der Waals surface area contributed by atoms with Crippen LogP contribution < -0.4 is 0 Å². The zero-order chi connectivity index (χ0) is 19.2. The number of hydrogen-bond donors (Lipinski definition) is 0. The van der Waals surface area contributed by atoms with Crippen molar-refractivity contribution in [2.24, 2.45) is 7.05 Å². The number of rotatable bonds is 3. The molecule has 0 saturated carbocycles. The second kappa shape index (κ2) is 6.34. The number of allylic oxidation sites excluding steroid dienone is 1. The molecule has 0 fully saturated rings. The molecule has 0 bridgehead atoms. The molecule has 4 nitrogen and oxygen atoms in total. The first-order chi connectivity index (χ1) is 13.0. The van der Waals surface area contributed by atoms with Crippen molar-refractivity contribution in [3.05, 3.63) is 71.2 Å². The van der Waals surface area contributed by atoms with Gasteiger partial charge in [-0.25, -0.2) is 4.39 Å². The summed E-state index contributed by atoms with van der Waals surface area (Å²) in [5.41, 5.74) is 3.31. The molecule has 5 heteroatoms. The lowest BCUT2D eigenvalue weighted by Gasteiger charge is -2.26. The molecule has 1 atom stereocenters. The Morgan fingerprint density at radius 3 is 2.81 bits per heavy atom. The van der Waals surface area contributed by atoms with Gasteiger partial charge < -0.3 is 4.74 Å². The van der Waals surface area contributed by atoms with Gasteiger partial charge in [0.25, 0.3) is 0 Å². The van der Waals surface area contributed by atoms with Crippen LogP contribution in [0.15, 0.2) is 48.7 Å². The number of esters is 1. The monoisotopic (exact) mass is 364 g/mol. The van der Waals surface area contributed by atoms with Gasteiger partial charge in [0.15, 0.2) is 0 Å². The zero-order valence-corrected chi connectivity index (χ0v) is 15.6. The normalized spacial score (nSPS) is 19.3. The molecule has 138 valence electrons. The Hall–Kier alpha value is -2.95. The van der Waals surface area contributed by atoms with Crippen molar-refractivity contribution in [2.45, 2.75) is 25.2 Å². The number of fused-ring (bicyclic) bond motifs is 1. The number of halogens is 1. The number of para-hydroxylation sites is 1. The molecule has 3 aromatic rings. The highest BCUT2D eigenvalue weighted by Crippen LogP contribution is 2.46. The number of carbonyl (C=O) groups is 1. The smallest absolute Gasteiger partial charge is 0.320 e. The third-order valence-electron chi connectivity index (χ3n) is 5.61. The van der Waals surface area contributed by atoms with Gasteiger partial charge in [0.2, 0.25) is 0 Å². The predicted molar refractivity (Wildman–Crippen MR) is 103 cm³/mol. The molecular formula is C22H21FN2O2. The summed E-state index contributed by atoms with van der Waals surface area (Å²) < 4.78 is 21.2. The molecule has 1 unspecified atom stereocenters. The van der Waals surface area contributed by atoms with Crippen LogP contribution in [0.1, 0.15) is 29.5 Å². The van der Waals surface area contributed by atoms with Gasteiger partial charge in [-0.05, 0) is 42.5 Å². The van der Waals surface area contributed by atoms with Crippen LogP contribution in [-0.2, 0) is 22.0 Å². The minimum atomic E-state index is -0.975. The summed E-state index contributed by atoms with van der Waals surface area (Å²) in [5.74, 6) is -0.672. The number of benzene rings is 2. The minimum absolute atomic E-state index is 0.314. The number of aryl methyl sites for hydroxylation is 1. The van der Waals surface area contributed by atoms with Crippen LogP contribution in [-0.4, -0.2) is 22.9 Å². The van der Waals surface area contributed by atoms with Crippen LogP contribution >= 0.6 is 0 Å². The van der Waals surface area contributed by atoms with Gasteiger partial charge in [-0.1, -0.05) is 36.4 Å². The van der Waals surface area contributed by atoms with Crippen molar-refractivity contribution in [1.82, 2.24) is 9.78 Å². The third-order valence-corrected chi connectivity index (χ3v) is 5.61. The third kappa shape index (κ3) is 2.57. The first-order valence-corrected chi connectivity index (χ1v) is 8.95. The Kier molecular flexibility index (Phi) is 4.10. The largest absolute Gasteiger partial charge is 0.468 e. The highest BCUT2D eigenvalue weighted by Gasteiger charge is 2.44. The second-order valence-corrected chi connectivity index (χ2v) is 7.06. The lowest BCUT2D eigenvalue weighted by atomic mass is 9.77. The quantitative estimate of drug-likeness (QED) is 0.651. The van der Waals surface area contributed by atoms with Gasteiger partial charge in [0.05, 0.1) is 18.8 Å². The van der Waals surface area contributed by atoms with Gasteiger partial charge in [0.1, 0.15) is 11.2 Å². The molecule has 0 radical (unpaired) electrons. The fourth-order valence-corrected chi connectivity index (χ4v) is 4.23. The molecule has 2 aromatic carbocycles. The van der Waals surface area contributed by atoms with Crippen LogP contribution in [0.5, 0.6) is 0 Å². The SMILES string of the molecule is COC(=O)C1(c2cccc(F)c2C)C=C(c2cccc3cnn(C)c23)CC1. The van der Waals surface area contributed by atoms with E-state index in [-0.39, 0.29) is 11.8 Å². The van der Waals surface area contributed by atoms with Crippen molar-refractivity contribution >= 4 is 22.4 Å². The number of hydrogen-bond acceptors (Lipinski definition) is 3. The van der Waals surface area contributed by atoms with Crippen molar-refractivity contribution in [2.75, 3.05) is 7.11 Å². The maximum Gasteiger partial charge on any atom is 0.320 e. The van der Waals surface area contributed by atoms with E-state index in [1.165, 1.54) is 13.2 Å². The molecular weight excluding hydrogens is 343 g/mol. The Balaban J connectivity index is 1.93. The van der Waals surface area contributed by atoms with E-state index in [1.807, 2.05) is 48.3 Å². The van der Waals surface area contributed by atoms with Crippen LogP contribution in [0.25, 0.3) is 16.5 Å². The maximum atomic E-state index is 14.2. The Morgan fingerprint density at radius 1 is 1.26 bits per heavy atom. The van der Waals surface area contributed by atoms with E-state index >= 15 is 0 Å². The Labute approximate surface area is 157 Å². The second-order valence-electron chi connectivity index (χ2n) is 7.06. The summed E-state index contributed by atoms with van der Waals surface area (Å²) in [7, 11) is 3.29. The maximum absolute atomic E-state index is 14.2. The fraction of sp³-hybridized carbons (Fsp3) is 0.273. The Morgan fingerprint density at radius 2 is 2.04 bits per heavy atom. The topological polar surface area (TPSA) is 44.1 Å². The first-order valence-electron chi connectivity index (χ1n) is 8.95. The van der Waals surface area contributed by atoms with Crippen LogP contribution in [0, 0.1) is 12.7 Å². The van der Waals surface area contributed by atoms with Gasteiger partial charge in [-0.15, -0.1) is 0 Å². The molecule has 1 aromatic heterocycles. The lowest BCUT2D eigenvalue weighted by Crippen LogP contribution is -2.34. The van der Waals surface area contributed by atoms with Crippen molar-refractivity contribution in [3.8, 4) is 0 Å². The summed E-state index contributed by atoms with van der Waals surface area (Å²) in [4.78, 5) is 12.9. The lowest BCUT2D eigenvalue weighted by molar-refractivity contribution is -0.145. The van der Waals surface area contributed by atoms with E-state index in [0.29, 0.717) is 24.0 Å². The van der Waals surface area contributed by atoms with E-state index in [9.17, 15) is 9.18 Å². The number of ether oxygens (including phenoxy) is 1. The average molecular weight is 364 g/mol. The number of nitrogens with zero attached hydrogens (tertiary/aromatic N) is 2. The summed E-state index contributed by atoms with van der Waals surface area (Å²) in [6, 6.07) is 10.9. The molecule has 0 N–H and O–H groups in total. The minimum Gasteiger partial charge on any atom is -0.468 e. The molecule has 1 aliphatic carbocycles. The van der Waals surface area contributed by atoms with E-state index in [2.05, 4.69) is 5.10 Å². The van der Waals surface area contributed by atoms with Crippen LogP contribution in [0.2, 0.25) is 0 Å². The molecule has 4 rings (SSSR count). The molecule has 27 heavy (non-hydrogen) atoms. The van der Waals surface area contributed by atoms with Gasteiger partial charge >= 0.3 is 5.97 Å². The van der Waals surface area contributed by atoms with Crippen molar-refractivity contribution in [1.29, 1.82) is 0 Å². The average Bonchev–Trinajstić information content (AvgIpc) is 3.29. The molecule has 0 spiro atoms. The van der Waals surface area contributed by atoms with E-state index in [4.69, 9.17) is 4.74 Å². The Bertz CT molecular complexity index is 1080. The highest BCUT2D eigenvalue weighted by molar-refractivity contribution is 5.96. The summed E-state index contributed by atoms with van der Waals surface area (Å²) in [6.07, 6.45) is 5.05. The van der Waals surface area contributed by atoms with Crippen molar-refractivity contribution < 1.29 is 13.9 Å². The summed E-state index contributed by atoms with van der Waals surface area (Å²) in [5, 5.41) is 5.40. The fourth-order valence-electron chi connectivity index (χ4n) is 4.23. The highest BCUT2D eigenvalue weighted by atomic mass is 19.1. The van der Waals surface area contributed by atoms with Gasteiger partial charge in [-0.3, -0.25) is 9.48 Å². The predicted octanol–water partition coefficient (Wildman–Crippen LogP) is 4.31. The van der Waals surface area contributed by atoms with Crippen LogP contribution in [0.4, 0.5) is 4.39 Å². The standard InChI is InChI=1S/C22H21FN2O2/c1-14-18(8-5-9-19(14)23)22(21(26)27-3)11-10-15(12-22)17-7-4-6-16-13-24-25(2)20(16)17/h4-9,12-13H,10-11H2,1-3H3. The molecule has 1 heterocycles. The zero-order valence-electron chi connectivity index (χ0n) is 15.6. The molecule has 0 aliphatic heterocycles. The summed E-state index contributed by atoms with van der Waals surface area (Å²) in [6.45, 7) is 1.71. The number of carbonyl (C=O) groups excluding carboxylic acids is 1. The van der Waals surface area contributed by atoms with E-state index in [1.54, 1.807) is 13.0 Å². The van der Waals surface area contributed by atoms with E-state index in [0.717, 1.165) is 22.0 Å². The number of methoxy groups -OCH3 is 1. The van der Waals surface area contributed by atoms with Gasteiger partial charge in [-0.2, -0.15) is 5.10 Å². The molecule has 1 aliphatic rings. The molecule has 0 amide bonds.